The number of hydrogen-bond donors (Lipinski definition) is 2. The van der Waals surface area contributed by atoms with Crippen LogP contribution in [0.15, 0.2) is 18.3 Å². The quantitative estimate of drug-likeness (QED) is 0.745. The Morgan fingerprint density at radius 1 is 1.43 bits per heavy atom. The second kappa shape index (κ2) is 4.42. The number of piperidine rings is 1. The topological polar surface area (TPSA) is 37.0 Å². The zero-order valence-corrected chi connectivity index (χ0v) is 8.59. The number of pyridine rings is 1. The fourth-order valence-electron chi connectivity index (χ4n) is 1.99. The van der Waals surface area contributed by atoms with E-state index in [0.29, 0.717) is 5.92 Å². The van der Waals surface area contributed by atoms with Crippen molar-refractivity contribution < 1.29 is 0 Å². The summed E-state index contributed by atoms with van der Waals surface area (Å²) in [7, 11) is 1.91. The standard InChI is InChI=1S/C11H17N3/c1-12-11-8-10(4-7-14-11)9-2-5-13-6-3-9/h4,7-9,13H,2-3,5-6H2,1H3,(H,12,14). The summed E-state index contributed by atoms with van der Waals surface area (Å²) >= 11 is 0. The highest BCUT2D eigenvalue weighted by atomic mass is 14.9. The van der Waals surface area contributed by atoms with Gasteiger partial charge in [0.15, 0.2) is 0 Å². The Kier molecular flexibility index (Phi) is 2.99. The maximum atomic E-state index is 4.23. The Labute approximate surface area is 84.9 Å². The summed E-state index contributed by atoms with van der Waals surface area (Å²) in [6.45, 7) is 2.28. The van der Waals surface area contributed by atoms with Crippen LogP contribution in [0.4, 0.5) is 5.82 Å². The van der Waals surface area contributed by atoms with E-state index in [1.807, 2.05) is 13.2 Å². The average Bonchev–Trinajstić information content (AvgIpc) is 2.30. The van der Waals surface area contributed by atoms with Crippen molar-refractivity contribution >= 4 is 5.82 Å². The van der Waals surface area contributed by atoms with Gasteiger partial charge in [0, 0.05) is 13.2 Å². The lowest BCUT2D eigenvalue weighted by atomic mass is 9.91. The van der Waals surface area contributed by atoms with E-state index < -0.39 is 0 Å². The highest BCUT2D eigenvalue weighted by Gasteiger charge is 2.15. The fourth-order valence-corrected chi connectivity index (χ4v) is 1.99. The maximum absolute atomic E-state index is 4.23. The summed E-state index contributed by atoms with van der Waals surface area (Å²) in [4.78, 5) is 4.23. The van der Waals surface area contributed by atoms with Crippen LogP contribution >= 0.6 is 0 Å². The monoisotopic (exact) mass is 191 g/mol. The van der Waals surface area contributed by atoms with Crippen LogP contribution in [0.3, 0.4) is 0 Å². The van der Waals surface area contributed by atoms with Gasteiger partial charge < -0.3 is 10.6 Å². The summed E-state index contributed by atoms with van der Waals surface area (Å²) < 4.78 is 0. The van der Waals surface area contributed by atoms with E-state index in [1.54, 1.807) is 0 Å². The van der Waals surface area contributed by atoms with Gasteiger partial charge in [0.05, 0.1) is 0 Å². The summed E-state index contributed by atoms with van der Waals surface area (Å²) in [6, 6.07) is 4.30. The Hall–Kier alpha value is -1.09. The van der Waals surface area contributed by atoms with E-state index in [0.717, 1.165) is 18.9 Å². The number of nitrogens with zero attached hydrogens (tertiary/aromatic N) is 1. The van der Waals surface area contributed by atoms with Crippen LogP contribution in [-0.2, 0) is 0 Å². The second-order valence-electron chi connectivity index (χ2n) is 3.75. The predicted molar refractivity (Wildman–Crippen MR) is 58.6 cm³/mol. The van der Waals surface area contributed by atoms with Crippen LogP contribution in [-0.4, -0.2) is 25.1 Å². The van der Waals surface area contributed by atoms with Crippen LogP contribution in [0.5, 0.6) is 0 Å². The van der Waals surface area contributed by atoms with E-state index in [1.165, 1.54) is 18.4 Å². The Bertz CT molecular complexity index is 292. The molecule has 0 radical (unpaired) electrons. The number of anilines is 1. The molecule has 14 heavy (non-hydrogen) atoms. The van der Waals surface area contributed by atoms with Gasteiger partial charge in [0.2, 0.25) is 0 Å². The van der Waals surface area contributed by atoms with Gasteiger partial charge in [0.1, 0.15) is 5.82 Å². The molecule has 2 rings (SSSR count). The molecule has 2 heterocycles. The van der Waals surface area contributed by atoms with E-state index >= 15 is 0 Å². The highest BCUT2D eigenvalue weighted by molar-refractivity contribution is 5.38. The Morgan fingerprint density at radius 3 is 2.93 bits per heavy atom. The minimum absolute atomic E-state index is 0.714. The molecule has 1 aliphatic rings. The third-order valence-corrected chi connectivity index (χ3v) is 2.85. The first-order valence-electron chi connectivity index (χ1n) is 5.24. The molecule has 1 fully saturated rings. The summed E-state index contributed by atoms with van der Waals surface area (Å²) in [6.07, 6.45) is 4.38. The first-order chi connectivity index (χ1) is 6.90. The first kappa shape index (κ1) is 9.46. The SMILES string of the molecule is CNc1cc(C2CCNCC2)ccn1. The number of aromatic nitrogens is 1. The first-order valence-corrected chi connectivity index (χ1v) is 5.24. The molecule has 0 spiro atoms. The summed E-state index contributed by atoms with van der Waals surface area (Å²) in [5, 5.41) is 6.46. The van der Waals surface area contributed by atoms with E-state index in [4.69, 9.17) is 0 Å². The molecule has 0 unspecified atom stereocenters. The van der Waals surface area contributed by atoms with Crippen molar-refractivity contribution in [2.75, 3.05) is 25.5 Å². The van der Waals surface area contributed by atoms with Gasteiger partial charge in [-0.1, -0.05) is 0 Å². The molecule has 1 saturated heterocycles. The van der Waals surface area contributed by atoms with Gasteiger partial charge in [-0.25, -0.2) is 4.98 Å². The largest absolute Gasteiger partial charge is 0.373 e. The van der Waals surface area contributed by atoms with Crippen LogP contribution < -0.4 is 10.6 Å². The van der Waals surface area contributed by atoms with Crippen LogP contribution in [0.25, 0.3) is 0 Å². The van der Waals surface area contributed by atoms with Crippen molar-refractivity contribution in [1.29, 1.82) is 0 Å². The maximum Gasteiger partial charge on any atom is 0.125 e. The van der Waals surface area contributed by atoms with Crippen molar-refractivity contribution in [1.82, 2.24) is 10.3 Å². The third-order valence-electron chi connectivity index (χ3n) is 2.85. The summed E-state index contributed by atoms with van der Waals surface area (Å²) in [5.41, 5.74) is 1.42. The predicted octanol–water partition coefficient (Wildman–Crippen LogP) is 1.59. The normalized spacial score (nSPS) is 18.1. The van der Waals surface area contributed by atoms with Crippen molar-refractivity contribution in [2.45, 2.75) is 18.8 Å². The third kappa shape index (κ3) is 2.04. The lowest BCUT2D eigenvalue weighted by Crippen LogP contribution is -2.26. The van der Waals surface area contributed by atoms with Crippen LogP contribution in [0, 0.1) is 0 Å². The molecular formula is C11H17N3. The molecule has 3 nitrogen and oxygen atoms in total. The molecule has 76 valence electrons. The lowest BCUT2D eigenvalue weighted by Gasteiger charge is -2.23. The minimum atomic E-state index is 0.714. The molecule has 0 amide bonds. The van der Waals surface area contributed by atoms with E-state index in [2.05, 4.69) is 27.8 Å². The molecule has 1 aliphatic heterocycles. The van der Waals surface area contributed by atoms with E-state index in [9.17, 15) is 0 Å². The van der Waals surface area contributed by atoms with Crippen LogP contribution in [0.1, 0.15) is 24.3 Å². The molecule has 2 N–H and O–H groups in total. The molecule has 0 bridgehead atoms. The van der Waals surface area contributed by atoms with Crippen molar-refractivity contribution in [3.63, 3.8) is 0 Å². The molecule has 1 aromatic rings. The Morgan fingerprint density at radius 2 is 2.21 bits per heavy atom. The van der Waals surface area contributed by atoms with Gasteiger partial charge in [-0.15, -0.1) is 0 Å². The number of hydrogen-bond acceptors (Lipinski definition) is 3. The number of nitrogens with one attached hydrogen (secondary N) is 2. The fraction of sp³-hybridized carbons (Fsp3) is 0.545. The minimum Gasteiger partial charge on any atom is -0.373 e. The molecule has 3 heteroatoms. The molecular weight excluding hydrogens is 174 g/mol. The average molecular weight is 191 g/mol. The van der Waals surface area contributed by atoms with Crippen LogP contribution in [0.2, 0.25) is 0 Å². The Balaban J connectivity index is 2.13. The van der Waals surface area contributed by atoms with Gasteiger partial charge in [0.25, 0.3) is 0 Å². The number of rotatable bonds is 2. The molecule has 0 aromatic carbocycles. The zero-order chi connectivity index (χ0) is 9.80. The van der Waals surface area contributed by atoms with Gasteiger partial charge in [-0.3, -0.25) is 0 Å². The second-order valence-corrected chi connectivity index (χ2v) is 3.75. The molecule has 0 atom stereocenters. The van der Waals surface area contributed by atoms with Gasteiger partial charge >= 0.3 is 0 Å². The molecule has 1 aromatic heterocycles. The van der Waals surface area contributed by atoms with Gasteiger partial charge in [-0.2, -0.15) is 0 Å². The van der Waals surface area contributed by atoms with E-state index in [-0.39, 0.29) is 0 Å². The van der Waals surface area contributed by atoms with Gasteiger partial charge in [-0.05, 0) is 49.5 Å². The van der Waals surface area contributed by atoms with Crippen molar-refractivity contribution in [3.05, 3.63) is 23.9 Å². The summed E-state index contributed by atoms with van der Waals surface area (Å²) in [5.74, 6) is 1.69. The smallest absolute Gasteiger partial charge is 0.125 e. The van der Waals surface area contributed by atoms with Crippen molar-refractivity contribution in [3.8, 4) is 0 Å². The van der Waals surface area contributed by atoms with Crippen molar-refractivity contribution in [2.24, 2.45) is 0 Å². The zero-order valence-electron chi connectivity index (χ0n) is 8.59. The molecule has 0 saturated carbocycles. The molecule has 0 aliphatic carbocycles. The lowest BCUT2D eigenvalue weighted by molar-refractivity contribution is 0.460. The highest BCUT2D eigenvalue weighted by Crippen LogP contribution is 2.25.